The van der Waals surface area contributed by atoms with E-state index in [0.717, 1.165) is 12.8 Å². The highest BCUT2D eigenvalue weighted by molar-refractivity contribution is 7.80. The van der Waals surface area contributed by atoms with Gasteiger partial charge in [-0.05, 0) is 26.2 Å². The molecule has 0 radical (unpaired) electrons. The van der Waals surface area contributed by atoms with E-state index in [0.29, 0.717) is 0 Å². The van der Waals surface area contributed by atoms with Gasteiger partial charge in [-0.25, -0.2) is 4.18 Å². The van der Waals surface area contributed by atoms with Gasteiger partial charge in [-0.3, -0.25) is 4.55 Å². The third-order valence-corrected chi connectivity index (χ3v) is 6.14. The highest BCUT2D eigenvalue weighted by atomic mass is 32.3. The van der Waals surface area contributed by atoms with Gasteiger partial charge in [0.15, 0.2) is 0 Å². The van der Waals surface area contributed by atoms with Gasteiger partial charge in [0, 0.05) is 0 Å². The van der Waals surface area contributed by atoms with E-state index in [1.54, 1.807) is 13.8 Å². The van der Waals surface area contributed by atoms with Crippen LogP contribution in [0.25, 0.3) is 0 Å². The molecular formula is C21H44O4S. The van der Waals surface area contributed by atoms with Crippen molar-refractivity contribution in [1.29, 1.82) is 0 Å². The van der Waals surface area contributed by atoms with Crippen LogP contribution < -0.4 is 0 Å². The van der Waals surface area contributed by atoms with Crippen molar-refractivity contribution in [2.24, 2.45) is 5.92 Å². The summed E-state index contributed by atoms with van der Waals surface area (Å²) < 4.78 is 35.4. The van der Waals surface area contributed by atoms with Gasteiger partial charge in [0.05, 0.1) is 5.60 Å². The molecule has 0 saturated heterocycles. The molecule has 0 heterocycles. The molecule has 0 aliphatic heterocycles. The molecule has 0 aromatic rings. The molecule has 1 N–H and O–H groups in total. The van der Waals surface area contributed by atoms with Crippen molar-refractivity contribution in [3.05, 3.63) is 0 Å². The number of rotatable bonds is 18. The average molecular weight is 393 g/mol. The van der Waals surface area contributed by atoms with Crippen LogP contribution in [0.4, 0.5) is 0 Å². The van der Waals surface area contributed by atoms with Crippen LogP contribution >= 0.6 is 0 Å². The van der Waals surface area contributed by atoms with Gasteiger partial charge in [-0.2, -0.15) is 8.42 Å². The molecule has 0 saturated carbocycles. The fourth-order valence-electron chi connectivity index (χ4n) is 3.35. The van der Waals surface area contributed by atoms with E-state index < -0.39 is 16.0 Å². The third kappa shape index (κ3) is 16.1. The Bertz CT molecular complexity index is 418. The number of hydrogen-bond donors (Lipinski definition) is 1. The Balaban J connectivity index is 3.45. The topological polar surface area (TPSA) is 63.6 Å². The first-order valence-corrected chi connectivity index (χ1v) is 12.2. The predicted octanol–water partition coefficient (Wildman–Crippen LogP) is 7.09. The maximum absolute atomic E-state index is 10.9. The summed E-state index contributed by atoms with van der Waals surface area (Å²) in [6.45, 7) is 7.68. The predicted molar refractivity (Wildman–Crippen MR) is 111 cm³/mol. The second kappa shape index (κ2) is 14.9. The Morgan fingerprint density at radius 1 is 0.769 bits per heavy atom. The first-order valence-electron chi connectivity index (χ1n) is 10.9. The first-order chi connectivity index (χ1) is 12.2. The van der Waals surface area contributed by atoms with Gasteiger partial charge in [0.1, 0.15) is 0 Å². The molecule has 0 aliphatic rings. The summed E-state index contributed by atoms with van der Waals surface area (Å²) in [5.41, 5.74) is -0.857. The summed E-state index contributed by atoms with van der Waals surface area (Å²) >= 11 is 0. The van der Waals surface area contributed by atoms with Crippen molar-refractivity contribution in [3.8, 4) is 0 Å². The van der Waals surface area contributed by atoms with Crippen LogP contribution in [0, 0.1) is 5.92 Å². The second-order valence-corrected chi connectivity index (χ2v) is 9.42. The zero-order valence-electron chi connectivity index (χ0n) is 17.8. The molecule has 5 heteroatoms. The highest BCUT2D eigenvalue weighted by Gasteiger charge is 2.31. The minimum atomic E-state index is -4.39. The number of unbranched alkanes of at least 4 members (excludes halogenated alkanes) is 13. The zero-order chi connectivity index (χ0) is 19.9. The SMILES string of the molecule is CCCCCCCCCCCCCCCCC(C)C(C)(C)OS(=O)(=O)O. The largest absolute Gasteiger partial charge is 0.397 e. The minimum absolute atomic E-state index is 0.0850. The van der Waals surface area contributed by atoms with Crippen molar-refractivity contribution < 1.29 is 17.2 Å². The van der Waals surface area contributed by atoms with Gasteiger partial charge in [-0.15, -0.1) is 0 Å². The monoisotopic (exact) mass is 392 g/mol. The molecule has 0 aromatic heterocycles. The summed E-state index contributed by atoms with van der Waals surface area (Å²) in [5, 5.41) is 0. The van der Waals surface area contributed by atoms with Crippen LogP contribution in [-0.4, -0.2) is 18.6 Å². The van der Waals surface area contributed by atoms with Crippen molar-refractivity contribution in [3.63, 3.8) is 0 Å². The van der Waals surface area contributed by atoms with E-state index in [4.69, 9.17) is 8.74 Å². The minimum Gasteiger partial charge on any atom is -0.264 e. The fraction of sp³-hybridized carbons (Fsp3) is 1.00. The molecule has 0 aliphatic carbocycles. The van der Waals surface area contributed by atoms with E-state index in [1.165, 1.54) is 83.5 Å². The third-order valence-electron chi connectivity index (χ3n) is 5.50. The Kier molecular flexibility index (Phi) is 14.8. The fourth-order valence-corrected chi connectivity index (χ4v) is 4.05. The summed E-state index contributed by atoms with van der Waals surface area (Å²) in [5.74, 6) is 0.0850. The van der Waals surface area contributed by atoms with Gasteiger partial charge in [0.25, 0.3) is 0 Å². The van der Waals surface area contributed by atoms with Crippen LogP contribution in [0.5, 0.6) is 0 Å². The molecule has 0 fully saturated rings. The van der Waals surface area contributed by atoms with Crippen molar-refractivity contribution in [2.45, 2.75) is 130 Å². The number of hydrogen-bond acceptors (Lipinski definition) is 3. The molecule has 4 nitrogen and oxygen atoms in total. The molecule has 1 atom stereocenters. The normalized spacial score (nSPS) is 13.9. The zero-order valence-corrected chi connectivity index (χ0v) is 18.6. The molecule has 0 aromatic carbocycles. The van der Waals surface area contributed by atoms with Gasteiger partial charge >= 0.3 is 10.4 Å². The maximum Gasteiger partial charge on any atom is 0.397 e. The summed E-state index contributed by atoms with van der Waals surface area (Å²) in [7, 11) is -4.39. The highest BCUT2D eigenvalue weighted by Crippen LogP contribution is 2.27. The van der Waals surface area contributed by atoms with Crippen molar-refractivity contribution in [2.75, 3.05) is 0 Å². The molecule has 26 heavy (non-hydrogen) atoms. The lowest BCUT2D eigenvalue weighted by Crippen LogP contribution is -2.35. The van der Waals surface area contributed by atoms with Gasteiger partial charge in [0.2, 0.25) is 0 Å². The first kappa shape index (κ1) is 25.9. The van der Waals surface area contributed by atoms with Gasteiger partial charge < -0.3 is 0 Å². The van der Waals surface area contributed by atoms with E-state index in [2.05, 4.69) is 6.92 Å². The Hall–Kier alpha value is -0.130. The lowest BCUT2D eigenvalue weighted by Gasteiger charge is -2.29. The molecule has 0 rings (SSSR count). The quantitative estimate of drug-likeness (QED) is 0.200. The summed E-state index contributed by atoms with van der Waals surface area (Å²) in [4.78, 5) is 0. The van der Waals surface area contributed by atoms with Crippen LogP contribution in [-0.2, 0) is 14.6 Å². The summed E-state index contributed by atoms with van der Waals surface area (Å²) in [6, 6.07) is 0. The molecule has 0 spiro atoms. The van der Waals surface area contributed by atoms with Gasteiger partial charge in [-0.1, -0.05) is 104 Å². The second-order valence-electron chi connectivity index (χ2n) is 8.40. The lowest BCUT2D eigenvalue weighted by molar-refractivity contribution is 0.0414. The average Bonchev–Trinajstić information content (AvgIpc) is 2.52. The molecule has 0 bridgehead atoms. The molecule has 1 unspecified atom stereocenters. The summed E-state index contributed by atoms with van der Waals surface area (Å²) in [6.07, 6.45) is 19.6. The Morgan fingerprint density at radius 2 is 1.12 bits per heavy atom. The van der Waals surface area contributed by atoms with E-state index in [1.807, 2.05) is 6.92 Å². The molecular weight excluding hydrogens is 348 g/mol. The van der Waals surface area contributed by atoms with Crippen LogP contribution in [0.3, 0.4) is 0 Å². The standard InChI is InChI=1S/C21H44O4S/c1-5-6-7-8-9-10-11-12-13-14-15-16-17-18-19-20(2)21(3,4)25-26(22,23)24/h20H,5-19H2,1-4H3,(H,22,23,24). The van der Waals surface area contributed by atoms with Crippen LogP contribution in [0.2, 0.25) is 0 Å². The van der Waals surface area contributed by atoms with Crippen molar-refractivity contribution >= 4 is 10.4 Å². The van der Waals surface area contributed by atoms with E-state index in [9.17, 15) is 8.42 Å². The lowest BCUT2D eigenvalue weighted by atomic mass is 9.88. The van der Waals surface area contributed by atoms with Crippen LogP contribution in [0.15, 0.2) is 0 Å². The maximum atomic E-state index is 10.9. The van der Waals surface area contributed by atoms with Crippen LogP contribution in [0.1, 0.15) is 124 Å². The molecule has 0 amide bonds. The van der Waals surface area contributed by atoms with Crippen molar-refractivity contribution in [1.82, 2.24) is 0 Å². The Labute approximate surface area is 163 Å². The Morgan fingerprint density at radius 3 is 1.46 bits per heavy atom. The van der Waals surface area contributed by atoms with E-state index >= 15 is 0 Å². The van der Waals surface area contributed by atoms with E-state index in [-0.39, 0.29) is 5.92 Å². The molecule has 158 valence electrons. The smallest absolute Gasteiger partial charge is 0.264 e.